The summed E-state index contributed by atoms with van der Waals surface area (Å²) in [6.45, 7) is 3.27. The van der Waals surface area contributed by atoms with Gasteiger partial charge in [0.25, 0.3) is 0 Å². The van der Waals surface area contributed by atoms with E-state index in [0.29, 0.717) is 5.37 Å². The van der Waals surface area contributed by atoms with E-state index in [1.807, 2.05) is 11.8 Å². The molecule has 1 unspecified atom stereocenters. The molecule has 0 aromatic rings. The minimum Gasteiger partial charge on any atom is -0.295 e. The first-order valence-corrected chi connectivity index (χ1v) is 7.54. The van der Waals surface area contributed by atoms with Crippen molar-refractivity contribution in [3.05, 3.63) is 0 Å². The Bertz CT molecular complexity index is 136. The quantitative estimate of drug-likeness (QED) is 0.626. The highest BCUT2D eigenvalue weighted by Crippen LogP contribution is 2.17. The second kappa shape index (κ2) is 9.49. The molecule has 1 saturated heterocycles. The highest BCUT2D eigenvalue weighted by molar-refractivity contribution is 7.99. The van der Waals surface area contributed by atoms with Crippen LogP contribution in [0, 0.1) is 0 Å². The predicted octanol–water partition coefficient (Wildman–Crippen LogP) is 3.29. The van der Waals surface area contributed by atoms with Gasteiger partial charge in [-0.2, -0.15) is 0 Å². The first-order valence-electron chi connectivity index (χ1n) is 6.49. The van der Waals surface area contributed by atoms with Crippen molar-refractivity contribution < 1.29 is 0 Å². The molecule has 0 amide bonds. The summed E-state index contributed by atoms with van der Waals surface area (Å²) in [6, 6.07) is 0. The van der Waals surface area contributed by atoms with Crippen LogP contribution in [0.5, 0.6) is 0 Å². The number of hydrogen-bond acceptors (Lipinski definition) is 3. The third-order valence-electron chi connectivity index (χ3n) is 2.91. The van der Waals surface area contributed by atoms with Gasteiger partial charge >= 0.3 is 0 Å². The van der Waals surface area contributed by atoms with Gasteiger partial charge in [-0.05, 0) is 6.42 Å². The summed E-state index contributed by atoms with van der Waals surface area (Å²) in [6.07, 6.45) is 11.3. The van der Waals surface area contributed by atoms with E-state index in [4.69, 9.17) is 0 Å². The van der Waals surface area contributed by atoms with Crippen LogP contribution in [0.25, 0.3) is 0 Å². The lowest BCUT2D eigenvalue weighted by atomic mass is 10.1. The van der Waals surface area contributed by atoms with Gasteiger partial charge in [-0.25, -0.2) is 0 Å². The SMILES string of the molecule is CCCCCCCCCC1NCNCS1. The molecule has 15 heavy (non-hydrogen) atoms. The molecule has 3 heteroatoms. The Hall–Kier alpha value is 0.270. The van der Waals surface area contributed by atoms with Crippen molar-refractivity contribution in [2.45, 2.75) is 63.7 Å². The fraction of sp³-hybridized carbons (Fsp3) is 1.00. The maximum atomic E-state index is 3.48. The average Bonchev–Trinajstić information content (AvgIpc) is 2.29. The van der Waals surface area contributed by atoms with E-state index in [1.165, 1.54) is 51.4 Å². The molecule has 0 aliphatic carbocycles. The van der Waals surface area contributed by atoms with Gasteiger partial charge in [0.15, 0.2) is 0 Å². The van der Waals surface area contributed by atoms with Crippen LogP contribution in [0.3, 0.4) is 0 Å². The zero-order valence-electron chi connectivity index (χ0n) is 10.1. The van der Waals surface area contributed by atoms with Gasteiger partial charge in [0.1, 0.15) is 0 Å². The number of rotatable bonds is 8. The molecule has 0 radical (unpaired) electrons. The molecular weight excluding hydrogens is 204 g/mol. The Morgan fingerprint density at radius 1 is 1.07 bits per heavy atom. The maximum Gasteiger partial charge on any atom is 0.0554 e. The standard InChI is InChI=1S/C12H26N2S/c1-2-3-4-5-6-7-8-9-12-14-10-13-11-15-12/h12-14H,2-11H2,1H3. The summed E-state index contributed by atoms with van der Waals surface area (Å²) in [5.41, 5.74) is 0. The lowest BCUT2D eigenvalue weighted by Gasteiger charge is -2.23. The first-order chi connectivity index (χ1) is 7.43. The van der Waals surface area contributed by atoms with Crippen LogP contribution in [0.2, 0.25) is 0 Å². The minimum absolute atomic E-state index is 0.710. The number of hydrogen-bond donors (Lipinski definition) is 2. The lowest BCUT2D eigenvalue weighted by molar-refractivity contribution is 0.511. The monoisotopic (exact) mass is 230 g/mol. The molecule has 2 nitrogen and oxygen atoms in total. The van der Waals surface area contributed by atoms with Gasteiger partial charge in [-0.3, -0.25) is 10.6 Å². The highest BCUT2D eigenvalue weighted by Gasteiger charge is 2.10. The Morgan fingerprint density at radius 2 is 1.80 bits per heavy atom. The second-order valence-electron chi connectivity index (χ2n) is 4.34. The number of thioether (sulfide) groups is 1. The molecule has 90 valence electrons. The fourth-order valence-corrected chi connectivity index (χ4v) is 2.88. The first kappa shape index (κ1) is 13.3. The van der Waals surface area contributed by atoms with Gasteiger partial charge in [-0.15, -0.1) is 11.8 Å². The van der Waals surface area contributed by atoms with E-state index in [9.17, 15) is 0 Å². The summed E-state index contributed by atoms with van der Waals surface area (Å²) in [5, 5.41) is 7.48. The fourth-order valence-electron chi connectivity index (χ4n) is 1.93. The smallest absolute Gasteiger partial charge is 0.0554 e. The van der Waals surface area contributed by atoms with E-state index in [2.05, 4.69) is 17.6 Å². The molecule has 1 atom stereocenters. The lowest BCUT2D eigenvalue weighted by Crippen LogP contribution is -2.41. The summed E-state index contributed by atoms with van der Waals surface area (Å²) < 4.78 is 0. The number of nitrogens with one attached hydrogen (secondary N) is 2. The second-order valence-corrected chi connectivity index (χ2v) is 5.53. The van der Waals surface area contributed by atoms with Crippen LogP contribution in [0.15, 0.2) is 0 Å². The van der Waals surface area contributed by atoms with E-state index in [1.54, 1.807) is 0 Å². The van der Waals surface area contributed by atoms with Crippen molar-refractivity contribution in [2.24, 2.45) is 0 Å². The summed E-state index contributed by atoms with van der Waals surface area (Å²) >= 11 is 2.01. The molecule has 1 fully saturated rings. The van der Waals surface area contributed by atoms with Crippen LogP contribution >= 0.6 is 11.8 Å². The average molecular weight is 230 g/mol. The molecule has 1 aliphatic rings. The Kier molecular flexibility index (Phi) is 8.44. The largest absolute Gasteiger partial charge is 0.295 e. The van der Waals surface area contributed by atoms with Crippen LogP contribution in [0.4, 0.5) is 0 Å². The third kappa shape index (κ3) is 7.20. The Balaban J connectivity index is 1.79. The zero-order valence-corrected chi connectivity index (χ0v) is 10.9. The topological polar surface area (TPSA) is 24.1 Å². The van der Waals surface area contributed by atoms with Crippen molar-refractivity contribution >= 4 is 11.8 Å². The van der Waals surface area contributed by atoms with Crippen molar-refractivity contribution in [3.8, 4) is 0 Å². The van der Waals surface area contributed by atoms with E-state index < -0.39 is 0 Å². The molecule has 0 spiro atoms. The van der Waals surface area contributed by atoms with Crippen molar-refractivity contribution in [1.82, 2.24) is 10.6 Å². The van der Waals surface area contributed by atoms with Crippen LogP contribution < -0.4 is 10.6 Å². The van der Waals surface area contributed by atoms with Gasteiger partial charge in [0, 0.05) is 12.5 Å². The predicted molar refractivity (Wildman–Crippen MR) is 70.0 cm³/mol. The van der Waals surface area contributed by atoms with Crippen LogP contribution in [0.1, 0.15) is 58.3 Å². The maximum absolute atomic E-state index is 3.48. The van der Waals surface area contributed by atoms with E-state index in [0.717, 1.165) is 12.5 Å². The molecule has 0 saturated carbocycles. The van der Waals surface area contributed by atoms with Gasteiger partial charge in [-0.1, -0.05) is 51.9 Å². The Labute approximate surface area is 99.0 Å². The molecule has 0 aromatic heterocycles. The summed E-state index contributed by atoms with van der Waals surface area (Å²) in [5.74, 6) is 1.12. The summed E-state index contributed by atoms with van der Waals surface area (Å²) in [7, 11) is 0. The zero-order chi connectivity index (χ0) is 10.8. The number of unbranched alkanes of at least 4 members (excludes halogenated alkanes) is 6. The van der Waals surface area contributed by atoms with Gasteiger partial charge in [0.2, 0.25) is 0 Å². The van der Waals surface area contributed by atoms with E-state index >= 15 is 0 Å². The van der Waals surface area contributed by atoms with Crippen molar-refractivity contribution in [1.29, 1.82) is 0 Å². The van der Waals surface area contributed by atoms with Gasteiger partial charge < -0.3 is 0 Å². The van der Waals surface area contributed by atoms with Crippen molar-refractivity contribution in [2.75, 3.05) is 12.5 Å². The normalized spacial score (nSPS) is 21.8. The van der Waals surface area contributed by atoms with Gasteiger partial charge in [0.05, 0.1) is 5.37 Å². The van der Waals surface area contributed by atoms with Crippen LogP contribution in [-0.2, 0) is 0 Å². The summed E-state index contributed by atoms with van der Waals surface area (Å²) in [4.78, 5) is 0. The molecule has 2 N–H and O–H groups in total. The highest BCUT2D eigenvalue weighted by atomic mass is 32.2. The van der Waals surface area contributed by atoms with E-state index in [-0.39, 0.29) is 0 Å². The minimum atomic E-state index is 0.710. The Morgan fingerprint density at radius 3 is 2.47 bits per heavy atom. The van der Waals surface area contributed by atoms with Crippen molar-refractivity contribution in [3.63, 3.8) is 0 Å². The molecule has 1 aliphatic heterocycles. The third-order valence-corrected chi connectivity index (χ3v) is 4.09. The van der Waals surface area contributed by atoms with Crippen LogP contribution in [-0.4, -0.2) is 17.9 Å². The molecule has 0 aromatic carbocycles. The molecule has 0 bridgehead atoms. The molecule has 1 rings (SSSR count). The molecular formula is C12H26N2S. The molecule has 1 heterocycles.